The van der Waals surface area contributed by atoms with Crippen molar-refractivity contribution in [3.05, 3.63) is 64.5 Å². The molecule has 0 aliphatic carbocycles. The molecule has 1 saturated heterocycles. The molecule has 1 fully saturated rings. The summed E-state index contributed by atoms with van der Waals surface area (Å²) in [6.45, 7) is 11.4. The number of ketones is 1. The first kappa shape index (κ1) is 19.2. The predicted octanol–water partition coefficient (Wildman–Crippen LogP) is 5.16. The summed E-state index contributed by atoms with van der Waals surface area (Å²) in [5, 5.41) is 3.13. The number of carbonyl (C=O) groups is 1. The topological polar surface area (TPSA) is 23.6 Å². The van der Waals surface area contributed by atoms with E-state index in [0.717, 1.165) is 43.7 Å². The van der Waals surface area contributed by atoms with Gasteiger partial charge in [-0.1, -0.05) is 37.3 Å². The quantitative estimate of drug-likeness (QED) is 0.561. The van der Waals surface area contributed by atoms with Crippen LogP contribution < -0.4 is 4.90 Å². The van der Waals surface area contributed by atoms with Gasteiger partial charge in [0.2, 0.25) is 0 Å². The lowest BCUT2D eigenvalue weighted by Crippen LogP contribution is -2.48. The van der Waals surface area contributed by atoms with E-state index >= 15 is 0 Å². The highest BCUT2D eigenvalue weighted by molar-refractivity contribution is 7.17. The summed E-state index contributed by atoms with van der Waals surface area (Å²) >= 11 is 1.67. The monoisotopic (exact) mass is 392 g/mol. The van der Waals surface area contributed by atoms with E-state index in [-0.39, 0.29) is 11.7 Å². The summed E-state index contributed by atoms with van der Waals surface area (Å²) in [5.41, 5.74) is 4.97. The second kappa shape index (κ2) is 8.06. The zero-order chi connectivity index (χ0) is 19.7. The fourth-order valence-electron chi connectivity index (χ4n) is 4.15. The predicted molar refractivity (Wildman–Crippen MR) is 120 cm³/mol. The van der Waals surface area contributed by atoms with Crippen molar-refractivity contribution in [1.29, 1.82) is 0 Å². The van der Waals surface area contributed by atoms with Crippen LogP contribution in [-0.2, 0) is 0 Å². The van der Waals surface area contributed by atoms with E-state index in [1.54, 1.807) is 11.3 Å². The molecule has 3 nitrogen and oxygen atoms in total. The van der Waals surface area contributed by atoms with Crippen LogP contribution in [0.15, 0.2) is 47.8 Å². The lowest BCUT2D eigenvalue weighted by Gasteiger charge is -2.37. The van der Waals surface area contributed by atoms with Gasteiger partial charge in [0.15, 0.2) is 5.78 Å². The molecule has 28 heavy (non-hydrogen) atoms. The van der Waals surface area contributed by atoms with Crippen LogP contribution in [-0.4, -0.2) is 43.4 Å². The first-order valence-electron chi connectivity index (χ1n) is 10.1. The lowest BCUT2D eigenvalue weighted by atomic mass is 9.98. The van der Waals surface area contributed by atoms with Gasteiger partial charge < -0.3 is 4.90 Å². The van der Waals surface area contributed by atoms with Crippen LogP contribution >= 0.6 is 11.3 Å². The number of anilines is 1. The van der Waals surface area contributed by atoms with E-state index < -0.39 is 0 Å². The van der Waals surface area contributed by atoms with Crippen molar-refractivity contribution in [1.82, 2.24) is 4.90 Å². The molecule has 4 heteroatoms. The van der Waals surface area contributed by atoms with E-state index in [4.69, 9.17) is 0 Å². The van der Waals surface area contributed by atoms with Gasteiger partial charge in [-0.2, -0.15) is 0 Å². The normalized spacial score (nSPS) is 16.5. The molecule has 3 aromatic rings. The average molecular weight is 393 g/mol. The van der Waals surface area contributed by atoms with E-state index in [1.807, 2.05) is 17.5 Å². The zero-order valence-corrected chi connectivity index (χ0v) is 17.8. The number of nitrogens with zero attached hydrogens (tertiary/aromatic N) is 2. The maximum absolute atomic E-state index is 13.0. The molecule has 0 saturated carbocycles. The van der Waals surface area contributed by atoms with Crippen molar-refractivity contribution in [3.63, 3.8) is 0 Å². The summed E-state index contributed by atoms with van der Waals surface area (Å²) in [6.07, 6.45) is 0. The second-order valence-corrected chi connectivity index (χ2v) is 8.83. The van der Waals surface area contributed by atoms with Crippen LogP contribution in [0.3, 0.4) is 0 Å². The Morgan fingerprint density at radius 2 is 1.79 bits per heavy atom. The summed E-state index contributed by atoms with van der Waals surface area (Å²) in [4.78, 5) is 18.0. The van der Waals surface area contributed by atoms with Crippen molar-refractivity contribution >= 4 is 32.9 Å². The van der Waals surface area contributed by atoms with Crippen molar-refractivity contribution in [3.8, 4) is 0 Å². The Hall–Kier alpha value is -2.17. The minimum Gasteiger partial charge on any atom is -0.369 e. The number of piperazine rings is 1. The van der Waals surface area contributed by atoms with Gasteiger partial charge in [0.05, 0.1) is 0 Å². The third-order valence-corrected chi connectivity index (χ3v) is 6.98. The summed E-state index contributed by atoms with van der Waals surface area (Å²) in [7, 11) is 0. The van der Waals surface area contributed by atoms with Gasteiger partial charge in [0.25, 0.3) is 0 Å². The Labute approximate surface area is 171 Å². The Morgan fingerprint density at radius 1 is 1.04 bits per heavy atom. The lowest BCUT2D eigenvalue weighted by molar-refractivity contribution is 0.0893. The molecule has 0 N–H and O–H groups in total. The maximum atomic E-state index is 13.0. The molecular formula is C24H28N2OS. The fourth-order valence-corrected chi connectivity index (χ4v) is 5.10. The molecule has 1 aromatic heterocycles. The van der Waals surface area contributed by atoms with Gasteiger partial charge in [-0.3, -0.25) is 9.69 Å². The molecule has 1 atom stereocenters. The van der Waals surface area contributed by atoms with E-state index in [1.165, 1.54) is 21.5 Å². The van der Waals surface area contributed by atoms with Crippen molar-refractivity contribution in [2.24, 2.45) is 5.92 Å². The number of benzene rings is 2. The Kier molecular flexibility index (Phi) is 5.51. The van der Waals surface area contributed by atoms with Gasteiger partial charge in [-0.15, -0.1) is 11.3 Å². The van der Waals surface area contributed by atoms with Gasteiger partial charge in [0, 0.05) is 65.4 Å². The maximum Gasteiger partial charge on any atom is 0.168 e. The first-order valence-corrected chi connectivity index (χ1v) is 11.0. The molecule has 1 unspecified atom stereocenters. The first-order chi connectivity index (χ1) is 13.5. The standard InChI is InChI=1S/C24H28N2OS/c1-17-7-6-9-22(19(17)3)26-13-11-25(12-14-26)15-18(2)24(27)21-16-28-23-10-5-4-8-20(21)23/h4-10,16,18H,11-15H2,1-3H3. The number of Topliss-reactive ketones (excluding diaryl/α,β-unsaturated/α-hetero) is 1. The molecule has 2 aromatic carbocycles. The van der Waals surface area contributed by atoms with Gasteiger partial charge in [-0.25, -0.2) is 0 Å². The molecule has 1 aliphatic heterocycles. The minimum absolute atomic E-state index is 0.0188. The summed E-state index contributed by atoms with van der Waals surface area (Å²) in [6, 6.07) is 14.8. The molecule has 2 heterocycles. The van der Waals surface area contributed by atoms with Crippen LogP contribution in [0.1, 0.15) is 28.4 Å². The Morgan fingerprint density at radius 3 is 2.57 bits per heavy atom. The van der Waals surface area contributed by atoms with Gasteiger partial charge in [0.1, 0.15) is 0 Å². The highest BCUT2D eigenvalue weighted by Gasteiger charge is 2.24. The fraction of sp³-hybridized carbons (Fsp3) is 0.375. The van der Waals surface area contributed by atoms with Crippen LogP contribution in [0, 0.1) is 19.8 Å². The van der Waals surface area contributed by atoms with Crippen molar-refractivity contribution in [2.45, 2.75) is 20.8 Å². The average Bonchev–Trinajstić information content (AvgIpc) is 3.14. The third-order valence-electron chi connectivity index (χ3n) is 6.02. The summed E-state index contributed by atoms with van der Waals surface area (Å²) < 4.78 is 1.19. The number of thiophene rings is 1. The molecule has 1 aliphatic rings. The number of carbonyl (C=O) groups excluding carboxylic acids is 1. The minimum atomic E-state index is 0.0188. The Bertz CT molecular complexity index is 985. The third kappa shape index (κ3) is 3.71. The van der Waals surface area contributed by atoms with Crippen molar-refractivity contribution < 1.29 is 4.79 Å². The Balaban J connectivity index is 1.38. The zero-order valence-electron chi connectivity index (χ0n) is 16.9. The molecule has 4 rings (SSSR count). The number of hydrogen-bond acceptors (Lipinski definition) is 4. The van der Waals surface area contributed by atoms with Crippen LogP contribution in [0.25, 0.3) is 10.1 Å². The van der Waals surface area contributed by atoms with Crippen LogP contribution in [0.4, 0.5) is 5.69 Å². The van der Waals surface area contributed by atoms with Gasteiger partial charge >= 0.3 is 0 Å². The van der Waals surface area contributed by atoms with E-state index in [2.05, 4.69) is 60.9 Å². The van der Waals surface area contributed by atoms with E-state index in [9.17, 15) is 4.79 Å². The number of fused-ring (bicyclic) bond motifs is 1. The molecule has 0 bridgehead atoms. The molecule has 0 spiro atoms. The second-order valence-electron chi connectivity index (χ2n) is 7.92. The molecule has 0 radical (unpaired) electrons. The number of hydrogen-bond donors (Lipinski definition) is 0. The van der Waals surface area contributed by atoms with E-state index in [0.29, 0.717) is 0 Å². The molecule has 146 valence electrons. The highest BCUT2D eigenvalue weighted by atomic mass is 32.1. The van der Waals surface area contributed by atoms with Crippen LogP contribution in [0.5, 0.6) is 0 Å². The van der Waals surface area contributed by atoms with Gasteiger partial charge in [-0.05, 0) is 37.1 Å². The number of aryl methyl sites for hydroxylation is 1. The molecule has 0 amide bonds. The van der Waals surface area contributed by atoms with Crippen LogP contribution in [0.2, 0.25) is 0 Å². The highest BCUT2D eigenvalue weighted by Crippen LogP contribution is 2.28. The smallest absolute Gasteiger partial charge is 0.168 e. The SMILES string of the molecule is Cc1cccc(N2CCN(CC(C)C(=O)c3csc4ccccc34)CC2)c1C. The molecular weight excluding hydrogens is 364 g/mol. The van der Waals surface area contributed by atoms with Crippen molar-refractivity contribution in [2.75, 3.05) is 37.6 Å². The largest absolute Gasteiger partial charge is 0.369 e. The number of rotatable bonds is 5. The summed E-state index contributed by atoms with van der Waals surface area (Å²) in [5.74, 6) is 0.291.